The molecular formula is C28H27NO3. The third-order valence-electron chi connectivity index (χ3n) is 5.60. The summed E-state index contributed by atoms with van der Waals surface area (Å²) in [6, 6.07) is 25.3. The van der Waals surface area contributed by atoms with Gasteiger partial charge in [-0.05, 0) is 59.7 Å². The Bertz CT molecular complexity index is 1120. The quantitative estimate of drug-likeness (QED) is 0.282. The van der Waals surface area contributed by atoms with Gasteiger partial charge in [-0.25, -0.2) is 4.98 Å². The Hall–Kier alpha value is -3.66. The maximum atomic E-state index is 11.1. The summed E-state index contributed by atoms with van der Waals surface area (Å²) in [5.41, 5.74) is 5.96. The van der Waals surface area contributed by atoms with Crippen molar-refractivity contribution in [3.63, 3.8) is 0 Å². The molecule has 162 valence electrons. The van der Waals surface area contributed by atoms with Gasteiger partial charge in [0, 0.05) is 6.42 Å². The first-order valence-corrected chi connectivity index (χ1v) is 11.0. The second-order valence-corrected chi connectivity index (χ2v) is 7.72. The Balaban J connectivity index is 1.38. The second kappa shape index (κ2) is 10.6. The molecule has 1 heterocycles. The summed E-state index contributed by atoms with van der Waals surface area (Å²) in [6.07, 6.45) is 6.36. The molecule has 4 rings (SSSR count). The summed E-state index contributed by atoms with van der Waals surface area (Å²) in [6.45, 7) is 2.66. The first-order valence-electron chi connectivity index (χ1n) is 11.0. The van der Waals surface area contributed by atoms with Gasteiger partial charge < -0.3 is 13.9 Å². The van der Waals surface area contributed by atoms with E-state index in [4.69, 9.17) is 9.15 Å². The average Bonchev–Trinajstić information content (AvgIpc) is 3.37. The molecule has 0 spiro atoms. The molecule has 0 fully saturated rings. The lowest BCUT2D eigenvalue weighted by Crippen LogP contribution is -2.03. The van der Waals surface area contributed by atoms with E-state index in [1.54, 1.807) is 12.5 Å². The lowest BCUT2D eigenvalue weighted by atomic mass is 9.94. The number of nitrogens with zero attached hydrogens (tertiary/aromatic N) is 1. The maximum absolute atomic E-state index is 11.1. The van der Waals surface area contributed by atoms with Crippen LogP contribution in [0, 0.1) is 0 Å². The van der Waals surface area contributed by atoms with Gasteiger partial charge in [0.05, 0.1) is 18.7 Å². The largest absolute Gasteiger partial charge is 0.494 e. The number of aldehydes is 1. The molecule has 4 aromatic rings. The number of rotatable bonds is 10. The van der Waals surface area contributed by atoms with Crippen LogP contribution in [0.1, 0.15) is 41.8 Å². The van der Waals surface area contributed by atoms with Crippen LogP contribution in [0.25, 0.3) is 11.1 Å². The van der Waals surface area contributed by atoms with Gasteiger partial charge in [-0.1, -0.05) is 60.7 Å². The van der Waals surface area contributed by atoms with Gasteiger partial charge >= 0.3 is 0 Å². The highest BCUT2D eigenvalue weighted by Crippen LogP contribution is 2.27. The smallest absolute Gasteiger partial charge is 0.201 e. The van der Waals surface area contributed by atoms with Crippen LogP contribution in [0.2, 0.25) is 0 Å². The number of aryl methyl sites for hydroxylation is 2. The highest BCUT2D eigenvalue weighted by Gasteiger charge is 2.18. The summed E-state index contributed by atoms with van der Waals surface area (Å²) in [5, 5.41) is 0. The van der Waals surface area contributed by atoms with Crippen LogP contribution >= 0.6 is 0 Å². The number of aromatic nitrogens is 1. The predicted molar refractivity (Wildman–Crippen MR) is 126 cm³/mol. The summed E-state index contributed by atoms with van der Waals surface area (Å²) in [5.74, 6) is 1.35. The fourth-order valence-corrected chi connectivity index (χ4v) is 3.88. The van der Waals surface area contributed by atoms with Crippen molar-refractivity contribution in [2.45, 2.75) is 32.1 Å². The average molecular weight is 426 g/mol. The van der Waals surface area contributed by atoms with E-state index in [0.717, 1.165) is 36.0 Å². The van der Waals surface area contributed by atoms with Crippen molar-refractivity contribution in [3.8, 4) is 16.9 Å². The molecule has 0 aliphatic heterocycles. The molecule has 4 heteroatoms. The van der Waals surface area contributed by atoms with Crippen LogP contribution < -0.4 is 4.74 Å². The summed E-state index contributed by atoms with van der Waals surface area (Å²) in [4.78, 5) is 15.3. The third-order valence-corrected chi connectivity index (χ3v) is 5.60. The van der Waals surface area contributed by atoms with Gasteiger partial charge in [-0.3, -0.25) is 0 Å². The van der Waals surface area contributed by atoms with E-state index >= 15 is 0 Å². The van der Waals surface area contributed by atoms with Crippen LogP contribution in [0.3, 0.4) is 0 Å². The number of carbonyl (C=O) groups excluding carboxylic acids is 1. The molecule has 1 atom stereocenters. The molecule has 0 aliphatic rings. The summed E-state index contributed by atoms with van der Waals surface area (Å²) < 4.78 is 11.0. The van der Waals surface area contributed by atoms with Crippen molar-refractivity contribution >= 4 is 6.29 Å². The van der Waals surface area contributed by atoms with Gasteiger partial charge in [0.1, 0.15) is 18.3 Å². The molecule has 0 radical (unpaired) electrons. The van der Waals surface area contributed by atoms with Crippen molar-refractivity contribution in [3.05, 3.63) is 108 Å². The Morgan fingerprint density at radius 3 is 2.28 bits per heavy atom. The fraction of sp³-hybridized carbons (Fsp3) is 0.214. The van der Waals surface area contributed by atoms with E-state index in [9.17, 15) is 4.79 Å². The highest BCUT2D eigenvalue weighted by molar-refractivity contribution is 5.65. The first kappa shape index (κ1) is 21.6. The van der Waals surface area contributed by atoms with Crippen molar-refractivity contribution in [1.82, 2.24) is 4.98 Å². The molecule has 0 bridgehead atoms. The predicted octanol–water partition coefficient (Wildman–Crippen LogP) is 6.25. The van der Waals surface area contributed by atoms with E-state index in [1.807, 2.05) is 19.1 Å². The van der Waals surface area contributed by atoms with Crippen LogP contribution in [0.4, 0.5) is 0 Å². The number of benzene rings is 3. The van der Waals surface area contributed by atoms with E-state index in [0.29, 0.717) is 18.9 Å². The maximum Gasteiger partial charge on any atom is 0.201 e. The van der Waals surface area contributed by atoms with Crippen LogP contribution in [-0.4, -0.2) is 17.9 Å². The lowest BCUT2D eigenvalue weighted by molar-refractivity contribution is -0.108. The number of carbonyl (C=O) groups is 1. The molecular weight excluding hydrogens is 398 g/mol. The summed E-state index contributed by atoms with van der Waals surface area (Å²) in [7, 11) is 0. The van der Waals surface area contributed by atoms with Gasteiger partial charge in [-0.2, -0.15) is 0 Å². The van der Waals surface area contributed by atoms with E-state index in [1.165, 1.54) is 16.7 Å². The Morgan fingerprint density at radius 2 is 1.66 bits per heavy atom. The lowest BCUT2D eigenvalue weighted by Gasteiger charge is -2.12. The molecule has 1 aromatic heterocycles. The van der Waals surface area contributed by atoms with Crippen LogP contribution in [0.5, 0.6) is 5.75 Å². The molecule has 4 nitrogen and oxygen atoms in total. The second-order valence-electron chi connectivity index (χ2n) is 7.72. The van der Waals surface area contributed by atoms with Crippen molar-refractivity contribution in [2.24, 2.45) is 0 Å². The molecule has 0 aliphatic carbocycles. The molecule has 0 saturated carbocycles. The van der Waals surface area contributed by atoms with Crippen LogP contribution in [0.15, 0.2) is 89.7 Å². The zero-order chi connectivity index (χ0) is 22.2. The minimum absolute atomic E-state index is 0.134. The fourth-order valence-electron chi connectivity index (χ4n) is 3.88. The Morgan fingerprint density at radius 1 is 0.938 bits per heavy atom. The molecule has 1 unspecified atom stereocenters. The minimum atomic E-state index is -0.134. The van der Waals surface area contributed by atoms with Crippen molar-refractivity contribution < 1.29 is 13.9 Å². The monoisotopic (exact) mass is 425 g/mol. The van der Waals surface area contributed by atoms with Crippen LogP contribution in [-0.2, 0) is 17.6 Å². The zero-order valence-corrected chi connectivity index (χ0v) is 18.2. The van der Waals surface area contributed by atoms with E-state index in [-0.39, 0.29) is 5.92 Å². The Kier molecular flexibility index (Phi) is 7.13. The molecule has 0 N–H and O–H groups in total. The molecule has 0 amide bonds. The Labute approximate surface area is 188 Å². The van der Waals surface area contributed by atoms with Crippen molar-refractivity contribution in [2.75, 3.05) is 6.61 Å². The molecule has 0 saturated heterocycles. The minimum Gasteiger partial charge on any atom is -0.494 e. The van der Waals surface area contributed by atoms with Crippen molar-refractivity contribution in [1.29, 1.82) is 0 Å². The molecule has 3 aromatic carbocycles. The van der Waals surface area contributed by atoms with Gasteiger partial charge in [-0.15, -0.1) is 0 Å². The summed E-state index contributed by atoms with van der Waals surface area (Å²) >= 11 is 0. The topological polar surface area (TPSA) is 52.3 Å². The van der Waals surface area contributed by atoms with Gasteiger partial charge in [0.2, 0.25) is 5.89 Å². The number of ether oxygens (including phenoxy) is 1. The number of hydrogen-bond acceptors (Lipinski definition) is 4. The number of hydrogen-bond donors (Lipinski definition) is 0. The molecule has 32 heavy (non-hydrogen) atoms. The first-order chi connectivity index (χ1) is 15.8. The normalized spacial score (nSPS) is 11.8. The third kappa shape index (κ3) is 5.33. The van der Waals surface area contributed by atoms with E-state index < -0.39 is 0 Å². The SMILES string of the molecule is CCOc1cccc(-c2ccc(CCc3ccc(C(CC=O)c4ncco4)cc3)cc2)c1. The number of oxazole rings is 1. The van der Waals surface area contributed by atoms with Gasteiger partial charge in [0.25, 0.3) is 0 Å². The van der Waals surface area contributed by atoms with Gasteiger partial charge in [0.15, 0.2) is 0 Å². The zero-order valence-electron chi connectivity index (χ0n) is 18.2. The highest BCUT2D eigenvalue weighted by atomic mass is 16.5. The standard InChI is InChI=1S/C28H27NO3/c1-2-31-26-5-3-4-25(20-26)23-12-8-21(9-13-23)6-7-22-10-14-24(15-11-22)27(16-18-30)28-29-17-19-32-28/h3-5,8-15,17-20,27H,2,6-7,16H2,1H3. The van der Waals surface area contributed by atoms with E-state index in [2.05, 4.69) is 65.6 Å².